The predicted molar refractivity (Wildman–Crippen MR) is 120 cm³/mol. The number of hydrogen-bond acceptors (Lipinski definition) is 3. The Hall–Kier alpha value is -1.89. The third kappa shape index (κ3) is 4.56. The fourth-order valence-electron chi connectivity index (χ4n) is 3.99. The molecule has 1 fully saturated rings. The molecule has 162 valence electrons. The number of carbonyl (C=O) groups excluding carboxylic acids is 1. The molecule has 0 bridgehead atoms. The Morgan fingerprint density at radius 3 is 2.33 bits per heavy atom. The molecule has 0 aromatic heterocycles. The molecule has 30 heavy (non-hydrogen) atoms. The lowest BCUT2D eigenvalue weighted by Crippen LogP contribution is -2.42. The van der Waals surface area contributed by atoms with Crippen LogP contribution in [0.1, 0.15) is 50.7 Å². The van der Waals surface area contributed by atoms with Crippen LogP contribution in [0.25, 0.3) is 0 Å². The molecule has 1 aliphatic carbocycles. The molecule has 0 saturated heterocycles. The maximum Gasteiger partial charge on any atom is 0.243 e. The minimum atomic E-state index is -3.52. The van der Waals surface area contributed by atoms with Gasteiger partial charge < -0.3 is 5.32 Å². The monoisotopic (exact) mass is 448 g/mol. The van der Waals surface area contributed by atoms with E-state index < -0.39 is 15.4 Å². The molecule has 3 rings (SSSR count). The van der Waals surface area contributed by atoms with E-state index in [2.05, 4.69) is 5.32 Å². The van der Waals surface area contributed by atoms with Gasteiger partial charge in [0.1, 0.15) is 0 Å². The summed E-state index contributed by atoms with van der Waals surface area (Å²) in [6, 6.07) is 14.1. The first-order valence-electron chi connectivity index (χ1n) is 10.3. The number of halogens is 1. The Morgan fingerprint density at radius 2 is 1.77 bits per heavy atom. The van der Waals surface area contributed by atoms with Crippen LogP contribution in [0.4, 0.5) is 0 Å². The zero-order valence-electron chi connectivity index (χ0n) is 17.7. The predicted octanol–water partition coefficient (Wildman–Crippen LogP) is 4.50. The Labute approximate surface area is 184 Å². The topological polar surface area (TPSA) is 66.5 Å². The number of amides is 1. The number of sulfonamides is 1. The normalized spacial score (nSPS) is 16.2. The molecule has 2 aromatic carbocycles. The maximum absolute atomic E-state index is 13.2. The lowest BCUT2D eigenvalue weighted by molar-refractivity contribution is -0.126. The molecule has 5 nitrogen and oxygen atoms in total. The zero-order valence-corrected chi connectivity index (χ0v) is 19.3. The van der Waals surface area contributed by atoms with Crippen molar-refractivity contribution < 1.29 is 13.2 Å². The number of benzene rings is 2. The van der Waals surface area contributed by atoms with E-state index in [1.165, 1.54) is 4.31 Å². The average molecular weight is 449 g/mol. The molecule has 1 amide bonds. The lowest BCUT2D eigenvalue weighted by atomic mass is 9.78. The number of rotatable bonds is 7. The van der Waals surface area contributed by atoms with Gasteiger partial charge in [0, 0.05) is 24.7 Å². The van der Waals surface area contributed by atoms with Gasteiger partial charge in [0.05, 0.1) is 10.3 Å². The first-order chi connectivity index (χ1) is 14.2. The summed E-state index contributed by atoms with van der Waals surface area (Å²) < 4.78 is 26.5. The fourth-order valence-corrected chi connectivity index (χ4v) is 5.54. The van der Waals surface area contributed by atoms with Crippen molar-refractivity contribution in [2.75, 3.05) is 7.05 Å². The third-order valence-electron chi connectivity index (χ3n) is 6.05. The van der Waals surface area contributed by atoms with Crippen LogP contribution in [0, 0.1) is 0 Å². The molecule has 1 saturated carbocycles. The SMILES string of the molecule is CC(C)N(C)S(=O)(=O)c1ccc(CNC(=O)C2(c3cccc(Cl)c3)CCCC2)cc1. The molecule has 1 N–H and O–H groups in total. The second-order valence-corrected chi connectivity index (χ2v) is 10.7. The summed E-state index contributed by atoms with van der Waals surface area (Å²) in [6.45, 7) is 4.02. The summed E-state index contributed by atoms with van der Waals surface area (Å²) in [6.07, 6.45) is 3.63. The Morgan fingerprint density at radius 1 is 1.13 bits per heavy atom. The molecule has 7 heteroatoms. The molecule has 1 aliphatic rings. The maximum atomic E-state index is 13.2. The summed E-state index contributed by atoms with van der Waals surface area (Å²) in [5.74, 6) is -0.00138. The van der Waals surface area contributed by atoms with Gasteiger partial charge in [-0.1, -0.05) is 48.7 Å². The number of carbonyl (C=O) groups is 1. The fraction of sp³-hybridized carbons (Fsp3) is 0.435. The van der Waals surface area contributed by atoms with Gasteiger partial charge in [0.25, 0.3) is 0 Å². The van der Waals surface area contributed by atoms with Crippen LogP contribution >= 0.6 is 11.6 Å². The summed E-state index contributed by atoms with van der Waals surface area (Å²) in [5.41, 5.74) is 1.27. The van der Waals surface area contributed by atoms with Crippen LogP contribution in [0.2, 0.25) is 5.02 Å². The molecule has 0 radical (unpaired) electrons. The summed E-state index contributed by atoms with van der Waals surface area (Å²) >= 11 is 6.17. The van der Waals surface area contributed by atoms with Gasteiger partial charge in [-0.25, -0.2) is 8.42 Å². The number of nitrogens with zero attached hydrogens (tertiary/aromatic N) is 1. The second kappa shape index (κ2) is 9.08. The van der Waals surface area contributed by atoms with E-state index in [1.807, 2.05) is 38.1 Å². The largest absolute Gasteiger partial charge is 0.351 e. The van der Waals surface area contributed by atoms with Gasteiger partial charge in [-0.2, -0.15) is 4.31 Å². The summed E-state index contributed by atoms with van der Waals surface area (Å²) in [5, 5.41) is 3.69. The number of nitrogens with one attached hydrogen (secondary N) is 1. The molecular weight excluding hydrogens is 420 g/mol. The summed E-state index contributed by atoms with van der Waals surface area (Å²) in [4.78, 5) is 13.4. The zero-order chi connectivity index (χ0) is 21.9. The van der Waals surface area contributed by atoms with Gasteiger partial charge in [0.2, 0.25) is 15.9 Å². The minimum absolute atomic E-state index is 0.00138. The second-order valence-electron chi connectivity index (χ2n) is 8.24. The highest BCUT2D eigenvalue weighted by Crippen LogP contribution is 2.42. The van der Waals surface area contributed by atoms with Crippen molar-refractivity contribution in [3.63, 3.8) is 0 Å². The Balaban J connectivity index is 1.72. The van der Waals surface area contributed by atoms with Crippen LogP contribution in [0.5, 0.6) is 0 Å². The highest BCUT2D eigenvalue weighted by atomic mass is 35.5. The van der Waals surface area contributed by atoms with Gasteiger partial charge in [-0.3, -0.25) is 4.79 Å². The van der Waals surface area contributed by atoms with Gasteiger partial charge in [-0.15, -0.1) is 0 Å². The van der Waals surface area contributed by atoms with Gasteiger partial charge in [-0.05, 0) is 62.1 Å². The van der Waals surface area contributed by atoms with Crippen molar-refractivity contribution >= 4 is 27.5 Å². The van der Waals surface area contributed by atoms with Crippen molar-refractivity contribution in [1.29, 1.82) is 0 Å². The first kappa shape index (κ1) is 22.8. The van der Waals surface area contributed by atoms with Crippen LogP contribution < -0.4 is 5.32 Å². The molecule has 0 heterocycles. The van der Waals surface area contributed by atoms with Crippen LogP contribution in [-0.2, 0) is 26.8 Å². The highest BCUT2D eigenvalue weighted by molar-refractivity contribution is 7.89. The quantitative estimate of drug-likeness (QED) is 0.678. The molecular formula is C23H29ClN2O3S. The minimum Gasteiger partial charge on any atom is -0.351 e. The summed E-state index contributed by atoms with van der Waals surface area (Å²) in [7, 11) is -1.94. The van der Waals surface area contributed by atoms with Crippen molar-refractivity contribution in [1.82, 2.24) is 9.62 Å². The lowest BCUT2D eigenvalue weighted by Gasteiger charge is -2.28. The smallest absolute Gasteiger partial charge is 0.243 e. The third-order valence-corrected chi connectivity index (χ3v) is 8.33. The van der Waals surface area contributed by atoms with Gasteiger partial charge in [0.15, 0.2) is 0 Å². The van der Waals surface area contributed by atoms with E-state index in [4.69, 9.17) is 11.6 Å². The van der Waals surface area contributed by atoms with Gasteiger partial charge >= 0.3 is 0 Å². The van der Waals surface area contributed by atoms with Crippen LogP contribution in [-0.4, -0.2) is 31.7 Å². The van der Waals surface area contributed by atoms with Crippen molar-refractivity contribution in [2.24, 2.45) is 0 Å². The van der Waals surface area contributed by atoms with Crippen molar-refractivity contribution in [2.45, 2.75) is 62.4 Å². The Bertz CT molecular complexity index is 997. The molecule has 2 aromatic rings. The molecule has 0 unspecified atom stereocenters. The van der Waals surface area contributed by atoms with E-state index in [-0.39, 0.29) is 16.8 Å². The van der Waals surface area contributed by atoms with Crippen molar-refractivity contribution in [3.8, 4) is 0 Å². The Kier molecular flexibility index (Phi) is 6.90. The highest BCUT2D eigenvalue weighted by Gasteiger charge is 2.42. The van der Waals surface area contributed by atoms with E-state index in [9.17, 15) is 13.2 Å². The van der Waals surface area contributed by atoms with Crippen LogP contribution in [0.15, 0.2) is 53.4 Å². The standard InChI is InChI=1S/C23H29ClN2O3S/c1-17(2)26(3)30(28,29)21-11-9-18(10-12-21)16-25-22(27)23(13-4-5-14-23)19-7-6-8-20(24)15-19/h6-12,15,17H,4-5,13-14,16H2,1-3H3,(H,25,27). The van der Waals surface area contributed by atoms with E-state index in [0.29, 0.717) is 11.6 Å². The van der Waals surface area contributed by atoms with E-state index in [1.54, 1.807) is 31.3 Å². The average Bonchev–Trinajstić information content (AvgIpc) is 3.23. The molecule has 0 spiro atoms. The van der Waals surface area contributed by atoms with E-state index in [0.717, 1.165) is 36.8 Å². The molecule has 0 atom stereocenters. The van der Waals surface area contributed by atoms with E-state index >= 15 is 0 Å². The first-order valence-corrected chi connectivity index (χ1v) is 12.1. The molecule has 0 aliphatic heterocycles. The van der Waals surface area contributed by atoms with Crippen LogP contribution in [0.3, 0.4) is 0 Å². The van der Waals surface area contributed by atoms with Crippen molar-refractivity contribution in [3.05, 3.63) is 64.7 Å². The number of hydrogen-bond donors (Lipinski definition) is 1.